The number of hydrogen-bond acceptors (Lipinski definition) is 3. The molecular formula is C12H18N2O2. The molecule has 2 N–H and O–H groups in total. The van der Waals surface area contributed by atoms with Crippen molar-refractivity contribution in [1.29, 1.82) is 0 Å². The largest absolute Gasteiger partial charge is 0.478 e. The highest BCUT2D eigenvalue weighted by Crippen LogP contribution is 2.11. The van der Waals surface area contributed by atoms with E-state index in [4.69, 9.17) is 5.11 Å². The molecule has 1 aromatic rings. The van der Waals surface area contributed by atoms with Crippen LogP contribution >= 0.6 is 0 Å². The van der Waals surface area contributed by atoms with Gasteiger partial charge in [0, 0.05) is 12.7 Å². The summed E-state index contributed by atoms with van der Waals surface area (Å²) in [5.74, 6) is 0.315. The lowest BCUT2D eigenvalue weighted by atomic mass is 10.0. The average molecular weight is 222 g/mol. The molecule has 0 unspecified atom stereocenters. The Balaban J connectivity index is 2.60. The highest BCUT2D eigenvalue weighted by Gasteiger charge is 2.06. The van der Waals surface area contributed by atoms with Crippen LogP contribution in [0.15, 0.2) is 18.3 Å². The van der Waals surface area contributed by atoms with Gasteiger partial charge in [0.05, 0.1) is 5.56 Å². The average Bonchev–Trinajstić information content (AvgIpc) is 2.31. The van der Waals surface area contributed by atoms with Crippen molar-refractivity contribution < 1.29 is 9.90 Å². The first-order chi connectivity index (χ1) is 7.67. The zero-order valence-electron chi connectivity index (χ0n) is 9.73. The standard InChI is InChI=1S/C12H18N2O2/c1-3-9(4-2)8-14-11-7-10(12(15)16)5-6-13-11/h5-7,9H,3-4,8H2,1-2H3,(H,13,14)(H,15,16). The van der Waals surface area contributed by atoms with Crippen LogP contribution in [0.25, 0.3) is 0 Å². The lowest BCUT2D eigenvalue weighted by Crippen LogP contribution is -2.13. The first-order valence-electron chi connectivity index (χ1n) is 5.60. The van der Waals surface area contributed by atoms with E-state index in [0.717, 1.165) is 19.4 Å². The van der Waals surface area contributed by atoms with Crippen molar-refractivity contribution in [3.8, 4) is 0 Å². The van der Waals surface area contributed by atoms with Gasteiger partial charge in [0.2, 0.25) is 0 Å². The van der Waals surface area contributed by atoms with E-state index in [1.54, 1.807) is 6.07 Å². The number of carboxylic acids is 1. The van der Waals surface area contributed by atoms with Crippen molar-refractivity contribution in [1.82, 2.24) is 4.98 Å². The molecule has 0 spiro atoms. The number of aromatic nitrogens is 1. The fraction of sp³-hybridized carbons (Fsp3) is 0.500. The smallest absolute Gasteiger partial charge is 0.335 e. The third kappa shape index (κ3) is 3.53. The van der Waals surface area contributed by atoms with Gasteiger partial charge in [0.15, 0.2) is 0 Å². The SMILES string of the molecule is CCC(CC)CNc1cc(C(=O)O)ccn1. The van der Waals surface area contributed by atoms with Gasteiger partial charge in [-0.1, -0.05) is 26.7 Å². The second kappa shape index (κ2) is 6.10. The molecule has 1 rings (SSSR count). The maximum Gasteiger partial charge on any atom is 0.335 e. The van der Waals surface area contributed by atoms with E-state index in [1.165, 1.54) is 12.3 Å². The topological polar surface area (TPSA) is 62.2 Å². The molecule has 0 saturated heterocycles. The molecule has 88 valence electrons. The monoisotopic (exact) mass is 222 g/mol. The van der Waals surface area contributed by atoms with Crippen molar-refractivity contribution in [3.05, 3.63) is 23.9 Å². The highest BCUT2D eigenvalue weighted by atomic mass is 16.4. The predicted octanol–water partition coefficient (Wildman–Crippen LogP) is 2.63. The van der Waals surface area contributed by atoms with Crippen LogP contribution in [0.5, 0.6) is 0 Å². The normalized spacial score (nSPS) is 10.4. The number of nitrogens with zero attached hydrogens (tertiary/aromatic N) is 1. The molecule has 0 amide bonds. The Labute approximate surface area is 95.7 Å². The summed E-state index contributed by atoms with van der Waals surface area (Å²) in [5.41, 5.74) is 0.266. The van der Waals surface area contributed by atoms with Gasteiger partial charge in [0.1, 0.15) is 5.82 Å². The van der Waals surface area contributed by atoms with E-state index < -0.39 is 5.97 Å². The summed E-state index contributed by atoms with van der Waals surface area (Å²) >= 11 is 0. The van der Waals surface area contributed by atoms with Crippen molar-refractivity contribution in [2.24, 2.45) is 5.92 Å². The first-order valence-corrected chi connectivity index (χ1v) is 5.60. The molecule has 1 aromatic heterocycles. The van der Waals surface area contributed by atoms with Crippen molar-refractivity contribution in [3.63, 3.8) is 0 Å². The molecule has 0 aliphatic rings. The first kappa shape index (κ1) is 12.5. The number of carbonyl (C=O) groups is 1. The zero-order chi connectivity index (χ0) is 12.0. The number of aromatic carboxylic acids is 1. The minimum atomic E-state index is -0.923. The molecule has 0 aliphatic heterocycles. The number of hydrogen-bond donors (Lipinski definition) is 2. The molecule has 4 nitrogen and oxygen atoms in total. The molecule has 0 aliphatic carbocycles. The van der Waals surface area contributed by atoms with Gasteiger partial charge in [0.25, 0.3) is 0 Å². The summed E-state index contributed by atoms with van der Waals surface area (Å²) in [6, 6.07) is 3.05. The van der Waals surface area contributed by atoms with Gasteiger partial charge in [-0.2, -0.15) is 0 Å². The fourth-order valence-corrected chi connectivity index (χ4v) is 1.49. The molecule has 0 aromatic carbocycles. The van der Waals surface area contributed by atoms with Gasteiger partial charge in [-0.25, -0.2) is 9.78 Å². The Morgan fingerprint density at radius 2 is 2.19 bits per heavy atom. The number of nitrogens with one attached hydrogen (secondary N) is 1. The predicted molar refractivity (Wildman–Crippen MR) is 63.8 cm³/mol. The van der Waals surface area contributed by atoms with Crippen LogP contribution < -0.4 is 5.32 Å². The van der Waals surface area contributed by atoms with Gasteiger partial charge in [-0.05, 0) is 18.1 Å². The van der Waals surface area contributed by atoms with E-state index in [-0.39, 0.29) is 5.56 Å². The van der Waals surface area contributed by atoms with E-state index in [9.17, 15) is 4.79 Å². The van der Waals surface area contributed by atoms with Crippen LogP contribution in [0.3, 0.4) is 0 Å². The maximum absolute atomic E-state index is 10.7. The molecule has 0 radical (unpaired) electrons. The summed E-state index contributed by atoms with van der Waals surface area (Å²) < 4.78 is 0. The van der Waals surface area contributed by atoms with Gasteiger partial charge in [-0.3, -0.25) is 0 Å². The molecule has 0 fully saturated rings. The second-order valence-corrected chi connectivity index (χ2v) is 3.80. The van der Waals surface area contributed by atoms with E-state index in [2.05, 4.69) is 24.1 Å². The minimum Gasteiger partial charge on any atom is -0.478 e. The molecular weight excluding hydrogens is 204 g/mol. The Bertz CT molecular complexity index is 349. The summed E-state index contributed by atoms with van der Waals surface area (Å²) in [7, 11) is 0. The molecule has 16 heavy (non-hydrogen) atoms. The van der Waals surface area contributed by atoms with E-state index in [0.29, 0.717) is 11.7 Å². The number of carboxylic acid groups (broad SMARTS) is 1. The van der Waals surface area contributed by atoms with Crippen LogP contribution in [0.2, 0.25) is 0 Å². The molecule has 1 heterocycles. The zero-order valence-corrected chi connectivity index (χ0v) is 9.73. The third-order valence-electron chi connectivity index (χ3n) is 2.73. The Morgan fingerprint density at radius 3 is 2.75 bits per heavy atom. The Morgan fingerprint density at radius 1 is 1.50 bits per heavy atom. The number of anilines is 1. The van der Waals surface area contributed by atoms with Gasteiger partial charge >= 0.3 is 5.97 Å². The highest BCUT2D eigenvalue weighted by molar-refractivity contribution is 5.88. The lowest BCUT2D eigenvalue weighted by Gasteiger charge is -2.13. The lowest BCUT2D eigenvalue weighted by molar-refractivity contribution is 0.0697. The van der Waals surface area contributed by atoms with Gasteiger partial charge in [-0.15, -0.1) is 0 Å². The molecule has 0 bridgehead atoms. The van der Waals surface area contributed by atoms with Crippen LogP contribution in [0.1, 0.15) is 37.0 Å². The number of rotatable bonds is 6. The Kier molecular flexibility index (Phi) is 4.76. The van der Waals surface area contributed by atoms with Crippen LogP contribution in [0, 0.1) is 5.92 Å². The van der Waals surface area contributed by atoms with Gasteiger partial charge < -0.3 is 10.4 Å². The Hall–Kier alpha value is -1.58. The molecule has 0 saturated carbocycles. The molecule has 4 heteroatoms. The van der Waals surface area contributed by atoms with Crippen molar-refractivity contribution >= 4 is 11.8 Å². The fourth-order valence-electron chi connectivity index (χ4n) is 1.49. The number of pyridine rings is 1. The summed E-state index contributed by atoms with van der Waals surface area (Å²) in [6.45, 7) is 5.14. The molecule has 0 atom stereocenters. The van der Waals surface area contributed by atoms with E-state index in [1.807, 2.05) is 0 Å². The maximum atomic E-state index is 10.7. The van der Waals surface area contributed by atoms with Crippen molar-refractivity contribution in [2.45, 2.75) is 26.7 Å². The summed E-state index contributed by atoms with van der Waals surface area (Å²) in [6.07, 6.45) is 3.74. The quantitative estimate of drug-likeness (QED) is 0.776. The van der Waals surface area contributed by atoms with E-state index >= 15 is 0 Å². The summed E-state index contributed by atoms with van der Waals surface area (Å²) in [5, 5.41) is 12.0. The second-order valence-electron chi connectivity index (χ2n) is 3.80. The summed E-state index contributed by atoms with van der Waals surface area (Å²) in [4.78, 5) is 14.8. The van der Waals surface area contributed by atoms with Crippen LogP contribution in [-0.4, -0.2) is 22.6 Å². The van der Waals surface area contributed by atoms with Crippen molar-refractivity contribution in [2.75, 3.05) is 11.9 Å². The van der Waals surface area contributed by atoms with Crippen LogP contribution in [-0.2, 0) is 0 Å². The minimum absolute atomic E-state index is 0.266. The van der Waals surface area contributed by atoms with Crippen LogP contribution in [0.4, 0.5) is 5.82 Å². The third-order valence-corrected chi connectivity index (χ3v) is 2.73.